The predicted molar refractivity (Wildman–Crippen MR) is 95.9 cm³/mol. The molecule has 1 N–H and O–H groups in total. The molecule has 0 saturated carbocycles. The number of nitrogens with one attached hydrogen (secondary N) is 1. The Balaban J connectivity index is 1.40. The third-order valence-electron chi connectivity index (χ3n) is 5.03. The topological polar surface area (TPSA) is 76.6 Å². The number of fused-ring (bicyclic) bond motifs is 3. The van der Waals surface area contributed by atoms with E-state index < -0.39 is 0 Å². The quantitative estimate of drug-likeness (QED) is 0.859. The van der Waals surface area contributed by atoms with Gasteiger partial charge in [0.15, 0.2) is 5.06 Å². The van der Waals surface area contributed by atoms with Crippen molar-refractivity contribution >= 4 is 28.6 Å². The highest BCUT2D eigenvalue weighted by atomic mass is 32.1. The van der Waals surface area contributed by atoms with Gasteiger partial charge in [-0.1, -0.05) is 21.5 Å². The molecule has 3 aliphatic heterocycles. The monoisotopic (exact) mass is 380 g/mol. The first kappa shape index (κ1) is 16.7. The van der Waals surface area contributed by atoms with Crippen molar-refractivity contribution in [3.8, 4) is 15.5 Å². The molecule has 2 aromatic rings. The molecule has 3 saturated heterocycles. The van der Waals surface area contributed by atoms with E-state index in [2.05, 4.69) is 27.3 Å². The third kappa shape index (κ3) is 3.36. The van der Waals surface area contributed by atoms with Gasteiger partial charge in [-0.05, 0) is 62.2 Å². The molecule has 3 fully saturated rings. The molecule has 5 heterocycles. The second-order valence-electron chi connectivity index (χ2n) is 6.37. The summed E-state index contributed by atoms with van der Waals surface area (Å²) in [6, 6.07) is 4.21. The summed E-state index contributed by atoms with van der Waals surface area (Å²) in [5.41, 5.74) is 0. The van der Waals surface area contributed by atoms with Crippen LogP contribution in [-0.2, 0) is 0 Å². The van der Waals surface area contributed by atoms with Crippen molar-refractivity contribution in [2.75, 3.05) is 20.2 Å². The minimum Gasteiger partial charge on any atom is -0.472 e. The van der Waals surface area contributed by atoms with E-state index in [4.69, 9.17) is 9.47 Å². The number of piperidine rings is 3. The van der Waals surface area contributed by atoms with Gasteiger partial charge in [0, 0.05) is 12.1 Å². The molecule has 5 rings (SSSR count). The number of hydrogen-bond acceptors (Lipinski definition) is 8. The normalized spacial score (nSPS) is 27.9. The number of hydrogen-bond donors (Lipinski definition) is 1. The van der Waals surface area contributed by atoms with E-state index in [0.29, 0.717) is 32.3 Å². The summed E-state index contributed by atoms with van der Waals surface area (Å²) in [4.78, 5) is 15.7. The van der Waals surface area contributed by atoms with Gasteiger partial charge < -0.3 is 14.8 Å². The summed E-state index contributed by atoms with van der Waals surface area (Å²) in [5, 5.41) is 12.4. The van der Waals surface area contributed by atoms with Crippen molar-refractivity contribution in [1.82, 2.24) is 20.4 Å². The number of amides is 1. The van der Waals surface area contributed by atoms with Gasteiger partial charge in [-0.2, -0.15) is 0 Å². The highest BCUT2D eigenvalue weighted by molar-refractivity contribution is 7.16. The molecular formula is C16H20N4O3S2. The fourth-order valence-corrected chi connectivity index (χ4v) is 5.01. The Morgan fingerprint density at radius 1 is 1.24 bits per heavy atom. The molecule has 2 atom stereocenters. The minimum absolute atomic E-state index is 0.0275. The zero-order valence-electron chi connectivity index (χ0n) is 14.1. The Labute approximate surface area is 154 Å². The molecule has 2 unspecified atom stereocenters. The zero-order chi connectivity index (χ0) is 17.4. The fourth-order valence-electron chi connectivity index (χ4n) is 3.67. The summed E-state index contributed by atoms with van der Waals surface area (Å²) >= 11 is 2.53. The van der Waals surface area contributed by atoms with Crippen LogP contribution in [0, 0.1) is 5.92 Å². The van der Waals surface area contributed by atoms with E-state index in [9.17, 15) is 4.79 Å². The summed E-state index contributed by atoms with van der Waals surface area (Å²) in [5.74, 6) is 0.564. The molecule has 25 heavy (non-hydrogen) atoms. The largest absolute Gasteiger partial charge is 0.472 e. The van der Waals surface area contributed by atoms with Gasteiger partial charge in [0.05, 0.1) is 12.0 Å². The van der Waals surface area contributed by atoms with E-state index >= 15 is 0 Å². The molecule has 0 radical (unpaired) electrons. The first-order valence-electron chi connectivity index (χ1n) is 8.34. The van der Waals surface area contributed by atoms with Crippen molar-refractivity contribution in [3.63, 3.8) is 0 Å². The molecule has 3 aliphatic rings. The Morgan fingerprint density at radius 3 is 2.68 bits per heavy atom. The fraction of sp³-hybridized carbons (Fsp3) is 0.562. The lowest BCUT2D eigenvalue weighted by molar-refractivity contribution is 0.0218. The maximum absolute atomic E-state index is 12.6. The Kier molecular flexibility index (Phi) is 4.61. The first-order valence-corrected chi connectivity index (χ1v) is 9.97. The van der Waals surface area contributed by atoms with E-state index in [0.717, 1.165) is 13.1 Å². The standard InChI is InChI=1S/C16H20N4O3S2/c1-9-13(10-5-7-20(9)8-6-10)17-14(21)11-3-4-12(24-11)23-16-19-18-15(22-2)25-16/h3-4,9-10,13H,5-8H2,1-2H3,(H,17,21). The number of methoxy groups -OCH3 is 1. The van der Waals surface area contributed by atoms with Crippen LogP contribution < -0.4 is 14.8 Å². The van der Waals surface area contributed by atoms with Crippen LogP contribution in [0.4, 0.5) is 0 Å². The lowest BCUT2D eigenvalue weighted by Gasteiger charge is -2.49. The maximum Gasteiger partial charge on any atom is 0.303 e. The van der Waals surface area contributed by atoms with Crippen molar-refractivity contribution in [3.05, 3.63) is 17.0 Å². The molecule has 0 aromatic carbocycles. The van der Waals surface area contributed by atoms with Crippen molar-refractivity contribution in [2.45, 2.75) is 31.8 Å². The number of carbonyl (C=O) groups excluding carboxylic acids is 1. The second-order valence-corrected chi connectivity index (χ2v) is 8.32. The van der Waals surface area contributed by atoms with Crippen molar-refractivity contribution in [1.29, 1.82) is 0 Å². The van der Waals surface area contributed by atoms with Crippen molar-refractivity contribution in [2.24, 2.45) is 5.92 Å². The van der Waals surface area contributed by atoms with E-state index in [1.807, 2.05) is 0 Å². The smallest absolute Gasteiger partial charge is 0.303 e. The number of nitrogens with zero attached hydrogens (tertiary/aromatic N) is 3. The number of thiophene rings is 1. The summed E-state index contributed by atoms with van der Waals surface area (Å²) in [6.07, 6.45) is 2.35. The number of carbonyl (C=O) groups is 1. The van der Waals surface area contributed by atoms with Crippen LogP contribution in [0.1, 0.15) is 29.4 Å². The molecule has 2 aromatic heterocycles. The SMILES string of the molecule is COc1nnc(Oc2ccc(C(=O)NC3C4CCN(CC4)C3C)s2)s1. The lowest BCUT2D eigenvalue weighted by Crippen LogP contribution is -2.62. The van der Waals surface area contributed by atoms with Crippen LogP contribution in [0.3, 0.4) is 0 Å². The number of ether oxygens (including phenoxy) is 2. The summed E-state index contributed by atoms with van der Waals surface area (Å²) in [6.45, 7) is 4.52. The average molecular weight is 380 g/mol. The van der Waals surface area contributed by atoms with Gasteiger partial charge in [-0.25, -0.2) is 0 Å². The average Bonchev–Trinajstić information content (AvgIpc) is 3.28. The molecule has 1 amide bonds. The van der Waals surface area contributed by atoms with Gasteiger partial charge in [0.1, 0.15) is 0 Å². The summed E-state index contributed by atoms with van der Waals surface area (Å²) < 4.78 is 10.6. The zero-order valence-corrected chi connectivity index (χ0v) is 15.7. The van der Waals surface area contributed by atoms with E-state index in [1.165, 1.54) is 42.6 Å². The highest BCUT2D eigenvalue weighted by Gasteiger charge is 2.40. The lowest BCUT2D eigenvalue weighted by atomic mass is 9.79. The third-order valence-corrected chi connectivity index (χ3v) is 6.76. The van der Waals surface area contributed by atoms with Gasteiger partial charge >= 0.3 is 5.19 Å². The van der Waals surface area contributed by atoms with Gasteiger partial charge in [0.2, 0.25) is 0 Å². The Bertz CT molecular complexity index is 752. The van der Waals surface area contributed by atoms with E-state index in [-0.39, 0.29) is 11.9 Å². The molecule has 0 aliphatic carbocycles. The maximum atomic E-state index is 12.6. The molecule has 134 valence electrons. The first-order chi connectivity index (χ1) is 12.1. The van der Waals surface area contributed by atoms with Crippen LogP contribution in [0.15, 0.2) is 12.1 Å². The van der Waals surface area contributed by atoms with Crippen LogP contribution in [-0.4, -0.2) is 53.3 Å². The molecule has 0 spiro atoms. The minimum atomic E-state index is -0.0275. The molecule has 2 bridgehead atoms. The predicted octanol–water partition coefficient (Wildman–Crippen LogP) is 2.61. The van der Waals surface area contributed by atoms with Crippen LogP contribution in [0.2, 0.25) is 0 Å². The van der Waals surface area contributed by atoms with Crippen LogP contribution >= 0.6 is 22.7 Å². The molecule has 9 heteroatoms. The number of rotatable bonds is 5. The molecular weight excluding hydrogens is 360 g/mol. The van der Waals surface area contributed by atoms with Gasteiger partial charge in [-0.3, -0.25) is 9.69 Å². The Morgan fingerprint density at radius 2 is 2.00 bits per heavy atom. The van der Waals surface area contributed by atoms with Gasteiger partial charge in [-0.15, -0.1) is 0 Å². The van der Waals surface area contributed by atoms with Crippen molar-refractivity contribution < 1.29 is 14.3 Å². The molecule has 7 nitrogen and oxygen atoms in total. The number of aromatic nitrogens is 2. The second kappa shape index (κ2) is 6.89. The van der Waals surface area contributed by atoms with Gasteiger partial charge in [0.25, 0.3) is 11.1 Å². The van der Waals surface area contributed by atoms with Crippen LogP contribution in [0.25, 0.3) is 0 Å². The van der Waals surface area contributed by atoms with E-state index in [1.54, 1.807) is 12.1 Å². The van der Waals surface area contributed by atoms with Crippen LogP contribution in [0.5, 0.6) is 15.5 Å². The highest BCUT2D eigenvalue weighted by Crippen LogP contribution is 2.35. The summed E-state index contributed by atoms with van der Waals surface area (Å²) in [7, 11) is 1.54. The Hall–Kier alpha value is -1.71.